The van der Waals surface area contributed by atoms with Crippen molar-refractivity contribution >= 4 is 39.3 Å². The number of benzene rings is 1. The second-order valence-electron chi connectivity index (χ2n) is 5.10. The number of carbonyl (C=O) groups excluding carboxylic acids is 1. The lowest BCUT2D eigenvalue weighted by Crippen LogP contribution is -2.11. The molecule has 1 aromatic heterocycles. The summed E-state index contributed by atoms with van der Waals surface area (Å²) < 4.78 is 14.3. The zero-order chi connectivity index (χ0) is 19.1. The van der Waals surface area contributed by atoms with Gasteiger partial charge in [0.2, 0.25) is 5.16 Å². The third-order valence-corrected chi connectivity index (χ3v) is 5.27. The highest BCUT2D eigenvalue weighted by Gasteiger charge is 2.16. The molecule has 1 heterocycles. The van der Waals surface area contributed by atoms with Crippen molar-refractivity contribution in [1.82, 2.24) is 9.55 Å². The highest BCUT2D eigenvalue weighted by Crippen LogP contribution is 2.21. The number of aliphatic hydroxyl groups excluding tert-OH is 1. The molecule has 0 saturated carbocycles. The first kappa shape index (κ1) is 19.9. The molecule has 2 rings (SSSR count). The number of carbonyl (C=O) groups is 1. The van der Waals surface area contributed by atoms with E-state index in [2.05, 4.69) is 9.98 Å². The Kier molecular flexibility index (Phi) is 7.13. The Bertz CT molecular complexity index is 877. The fraction of sp³-hybridized carbons (Fsp3) is 0.188. The maximum Gasteiger partial charge on any atom is 0.281 e. The molecular formula is C16H19N5O3S2. The number of nitrogens with two attached hydrogens (primary N) is 2. The summed E-state index contributed by atoms with van der Waals surface area (Å²) in [5.74, 6) is -0.623. The van der Waals surface area contributed by atoms with Gasteiger partial charge in [0.1, 0.15) is 10.8 Å². The van der Waals surface area contributed by atoms with E-state index in [0.29, 0.717) is 16.5 Å². The van der Waals surface area contributed by atoms with Crippen LogP contribution in [-0.2, 0) is 17.8 Å². The molecule has 5 N–H and O–H groups in total. The molecule has 0 aliphatic rings. The van der Waals surface area contributed by atoms with Crippen LogP contribution in [0.1, 0.15) is 16.8 Å². The van der Waals surface area contributed by atoms with E-state index in [0.717, 1.165) is 11.8 Å². The third kappa shape index (κ3) is 5.04. The number of hydrogen-bond acceptors (Lipinski definition) is 6. The molecule has 1 atom stereocenters. The number of aromatic nitrogens is 2. The van der Waals surface area contributed by atoms with Crippen molar-refractivity contribution in [3.8, 4) is 0 Å². The predicted octanol–water partition coefficient (Wildman–Crippen LogP) is 1.25. The number of aliphatic imine (C=N–C) groups is 1. The summed E-state index contributed by atoms with van der Waals surface area (Å²) in [6.45, 7) is 0.0313. The molecule has 1 amide bonds. The highest BCUT2D eigenvalue weighted by atomic mass is 32.2. The molecule has 0 fully saturated rings. The van der Waals surface area contributed by atoms with Crippen LogP contribution < -0.4 is 11.5 Å². The van der Waals surface area contributed by atoms with E-state index in [4.69, 9.17) is 16.6 Å². The van der Waals surface area contributed by atoms with Gasteiger partial charge in [-0.15, -0.1) is 0 Å². The number of nitrogen functional groups attached to an aromatic ring is 1. The van der Waals surface area contributed by atoms with Gasteiger partial charge in [-0.25, -0.2) is 9.19 Å². The standard InChI is InChI=1S/C16H19N5O3S2/c1-21-7-6-19-16(21)26(24)11-4-5-13(17)12(10-11)14(23)20-15(18)25-9-3-2-8-22/h3-7,9-10,22H,2,8,17H2,1H3,(H2,18,20,23)/b9-3+. The zero-order valence-electron chi connectivity index (χ0n) is 14.0. The minimum atomic E-state index is -1.56. The molecule has 0 spiro atoms. The molecule has 2 aromatic rings. The molecule has 0 aliphatic carbocycles. The summed E-state index contributed by atoms with van der Waals surface area (Å²) in [6.07, 6.45) is 5.43. The fourth-order valence-corrected chi connectivity index (χ4v) is 3.53. The van der Waals surface area contributed by atoms with Crippen molar-refractivity contribution in [3.63, 3.8) is 0 Å². The number of hydrogen-bond donors (Lipinski definition) is 3. The molecule has 26 heavy (non-hydrogen) atoms. The fourth-order valence-electron chi connectivity index (χ4n) is 1.92. The number of nitrogens with zero attached hydrogens (tertiary/aromatic N) is 3. The van der Waals surface area contributed by atoms with Crippen LogP contribution in [0.4, 0.5) is 5.69 Å². The van der Waals surface area contributed by atoms with Crippen LogP contribution in [0.5, 0.6) is 0 Å². The smallest absolute Gasteiger partial charge is 0.281 e. The molecular weight excluding hydrogens is 374 g/mol. The van der Waals surface area contributed by atoms with E-state index < -0.39 is 16.7 Å². The summed E-state index contributed by atoms with van der Waals surface area (Å²) >= 11 is 1.06. The monoisotopic (exact) mass is 393 g/mol. The summed E-state index contributed by atoms with van der Waals surface area (Å²) in [4.78, 5) is 20.6. The first-order chi connectivity index (χ1) is 12.4. The number of thioether (sulfide) groups is 1. The summed E-state index contributed by atoms with van der Waals surface area (Å²) in [6, 6.07) is 4.52. The van der Waals surface area contributed by atoms with E-state index in [1.807, 2.05) is 0 Å². The van der Waals surface area contributed by atoms with Crippen molar-refractivity contribution in [1.29, 1.82) is 0 Å². The van der Waals surface area contributed by atoms with Gasteiger partial charge in [-0.1, -0.05) is 17.8 Å². The van der Waals surface area contributed by atoms with Crippen LogP contribution in [0.15, 0.2) is 57.1 Å². The molecule has 0 radical (unpaired) electrons. The quantitative estimate of drug-likeness (QED) is 0.382. The topological polar surface area (TPSA) is 137 Å². The maximum absolute atomic E-state index is 12.6. The van der Waals surface area contributed by atoms with Gasteiger partial charge in [0.25, 0.3) is 5.91 Å². The van der Waals surface area contributed by atoms with Crippen molar-refractivity contribution in [2.24, 2.45) is 17.8 Å². The van der Waals surface area contributed by atoms with Crippen molar-refractivity contribution in [2.75, 3.05) is 12.3 Å². The number of rotatable bonds is 6. The largest absolute Gasteiger partial charge is 0.398 e. The van der Waals surface area contributed by atoms with Crippen LogP contribution in [0.3, 0.4) is 0 Å². The third-order valence-electron chi connectivity index (χ3n) is 3.20. The van der Waals surface area contributed by atoms with Crippen LogP contribution >= 0.6 is 11.8 Å². The molecule has 0 bridgehead atoms. The second-order valence-corrected chi connectivity index (χ2v) is 7.40. The Morgan fingerprint density at radius 1 is 1.50 bits per heavy atom. The second kappa shape index (κ2) is 9.32. The number of amides is 1. The van der Waals surface area contributed by atoms with E-state index in [1.54, 1.807) is 41.6 Å². The highest BCUT2D eigenvalue weighted by molar-refractivity contribution is 8.16. The lowest BCUT2D eigenvalue weighted by molar-refractivity contribution is 0.100. The number of aliphatic hydroxyl groups is 1. The molecule has 1 aromatic carbocycles. The predicted molar refractivity (Wildman–Crippen MR) is 103 cm³/mol. The van der Waals surface area contributed by atoms with Gasteiger partial charge in [0.15, 0.2) is 5.17 Å². The Labute approximate surface area is 157 Å². The normalized spacial score (nSPS) is 13.2. The Morgan fingerprint density at radius 2 is 2.27 bits per heavy atom. The first-order valence-corrected chi connectivity index (χ1v) is 9.56. The van der Waals surface area contributed by atoms with Gasteiger partial charge in [0, 0.05) is 36.6 Å². The van der Waals surface area contributed by atoms with E-state index in [-0.39, 0.29) is 23.0 Å². The number of imidazole rings is 1. The van der Waals surface area contributed by atoms with Gasteiger partial charge in [-0.3, -0.25) is 4.79 Å². The van der Waals surface area contributed by atoms with Crippen LogP contribution in [-0.4, -0.2) is 36.5 Å². The van der Waals surface area contributed by atoms with Gasteiger partial charge in [-0.2, -0.15) is 4.99 Å². The lowest BCUT2D eigenvalue weighted by Gasteiger charge is -2.06. The van der Waals surface area contributed by atoms with E-state index in [9.17, 15) is 9.00 Å². The minimum absolute atomic E-state index is 0.0313. The Balaban J connectivity index is 2.22. The molecule has 10 heteroatoms. The van der Waals surface area contributed by atoms with Crippen molar-refractivity contribution < 1.29 is 14.1 Å². The van der Waals surface area contributed by atoms with Gasteiger partial charge < -0.3 is 21.1 Å². The minimum Gasteiger partial charge on any atom is -0.398 e. The van der Waals surface area contributed by atoms with Gasteiger partial charge >= 0.3 is 0 Å². The number of anilines is 1. The average Bonchev–Trinajstić information content (AvgIpc) is 3.04. The molecule has 0 aliphatic heterocycles. The zero-order valence-corrected chi connectivity index (χ0v) is 15.7. The van der Waals surface area contributed by atoms with Gasteiger partial charge in [-0.05, 0) is 30.0 Å². The maximum atomic E-state index is 12.6. The number of amidine groups is 1. The Hall–Kier alpha value is -2.43. The summed E-state index contributed by atoms with van der Waals surface area (Å²) in [7, 11) is 0.174. The van der Waals surface area contributed by atoms with Crippen LogP contribution in [0, 0.1) is 0 Å². The van der Waals surface area contributed by atoms with Crippen LogP contribution in [0.25, 0.3) is 0 Å². The average molecular weight is 393 g/mol. The van der Waals surface area contributed by atoms with Gasteiger partial charge in [0.05, 0.1) is 5.56 Å². The SMILES string of the molecule is Cn1ccnc1S(=O)c1ccc(N)c(C(=O)N=C(N)S/C=C/CCO)c1. The molecule has 1 unspecified atom stereocenters. The molecule has 138 valence electrons. The molecule has 0 saturated heterocycles. The van der Waals surface area contributed by atoms with Crippen molar-refractivity contribution in [2.45, 2.75) is 16.5 Å². The van der Waals surface area contributed by atoms with Crippen molar-refractivity contribution in [3.05, 3.63) is 47.6 Å². The van der Waals surface area contributed by atoms with E-state index >= 15 is 0 Å². The van der Waals surface area contributed by atoms with E-state index in [1.165, 1.54) is 12.1 Å². The Morgan fingerprint density at radius 3 is 2.92 bits per heavy atom. The first-order valence-electron chi connectivity index (χ1n) is 7.53. The summed E-state index contributed by atoms with van der Waals surface area (Å²) in [5, 5.41) is 10.7. The summed E-state index contributed by atoms with van der Waals surface area (Å²) in [5.41, 5.74) is 11.9. The number of aryl methyl sites for hydroxylation is 1. The molecule has 8 nitrogen and oxygen atoms in total. The van der Waals surface area contributed by atoms with Crippen LogP contribution in [0.2, 0.25) is 0 Å². The lowest BCUT2D eigenvalue weighted by atomic mass is 10.2.